The molecule has 0 atom stereocenters. The van der Waals surface area contributed by atoms with E-state index in [4.69, 9.17) is 10.5 Å². The number of likely N-dealkylation sites (tertiary alicyclic amines) is 1. The fourth-order valence-electron chi connectivity index (χ4n) is 2.38. The molecule has 1 aromatic rings. The molecule has 2 rings (SSSR count). The second kappa shape index (κ2) is 6.79. The van der Waals surface area contributed by atoms with Crippen molar-refractivity contribution in [2.45, 2.75) is 32.8 Å². The van der Waals surface area contributed by atoms with Gasteiger partial charge < -0.3 is 20.3 Å². The monoisotopic (exact) mass is 278 g/mol. The molecule has 112 valence electrons. The number of ether oxygens (including phenoxy) is 1. The first-order valence-electron chi connectivity index (χ1n) is 7.43. The minimum absolute atomic E-state index is 0.0787. The van der Waals surface area contributed by atoms with E-state index < -0.39 is 0 Å². The van der Waals surface area contributed by atoms with Crippen molar-refractivity contribution in [2.75, 3.05) is 43.9 Å². The molecule has 20 heavy (non-hydrogen) atoms. The zero-order chi connectivity index (χ0) is 14.5. The third kappa shape index (κ3) is 4.00. The fraction of sp³-hybridized carbons (Fsp3) is 0.667. The number of nitrogens with two attached hydrogens (primary N) is 1. The van der Waals surface area contributed by atoms with Crippen LogP contribution >= 0.6 is 0 Å². The molecule has 1 fully saturated rings. The first-order valence-corrected chi connectivity index (χ1v) is 7.43. The summed E-state index contributed by atoms with van der Waals surface area (Å²) in [5.74, 6) is 1.44. The second-order valence-electron chi connectivity index (χ2n) is 5.70. The van der Waals surface area contributed by atoms with Gasteiger partial charge in [-0.15, -0.1) is 0 Å². The van der Waals surface area contributed by atoms with Crippen LogP contribution in [-0.4, -0.2) is 49.2 Å². The van der Waals surface area contributed by atoms with Gasteiger partial charge in [-0.2, -0.15) is 4.98 Å². The van der Waals surface area contributed by atoms with E-state index in [9.17, 15) is 0 Å². The van der Waals surface area contributed by atoms with Crippen LogP contribution in [0.15, 0.2) is 12.1 Å². The van der Waals surface area contributed by atoms with Gasteiger partial charge in [0.05, 0.1) is 11.8 Å². The minimum Gasteiger partial charge on any atom is -0.473 e. The molecule has 0 aromatic carbocycles. The van der Waals surface area contributed by atoms with Crippen LogP contribution in [0, 0.1) is 0 Å². The summed E-state index contributed by atoms with van der Waals surface area (Å²) in [5.41, 5.74) is 6.49. The van der Waals surface area contributed by atoms with Gasteiger partial charge in [0.15, 0.2) is 0 Å². The van der Waals surface area contributed by atoms with Gasteiger partial charge in [0, 0.05) is 20.1 Å². The molecule has 0 saturated carbocycles. The third-order valence-corrected chi connectivity index (χ3v) is 3.56. The molecular weight excluding hydrogens is 252 g/mol. The van der Waals surface area contributed by atoms with E-state index in [1.165, 1.54) is 25.9 Å². The molecule has 1 saturated heterocycles. The molecule has 0 spiro atoms. The van der Waals surface area contributed by atoms with E-state index in [-0.39, 0.29) is 6.10 Å². The standard InChI is InChI=1S/C15H26N4O/c1-12(2)20-15-13(16)6-7-14(17-15)18(3)10-11-19-8-4-5-9-19/h6-7,12H,4-5,8-11,16H2,1-3H3. The maximum Gasteiger partial charge on any atom is 0.239 e. The second-order valence-corrected chi connectivity index (χ2v) is 5.70. The number of hydrogen-bond donors (Lipinski definition) is 1. The van der Waals surface area contributed by atoms with Crippen LogP contribution in [-0.2, 0) is 0 Å². The SMILES string of the molecule is CC(C)Oc1nc(N(C)CCN2CCCC2)ccc1N. The Morgan fingerprint density at radius 1 is 1.35 bits per heavy atom. The molecule has 5 nitrogen and oxygen atoms in total. The van der Waals surface area contributed by atoms with E-state index in [1.807, 2.05) is 26.0 Å². The van der Waals surface area contributed by atoms with E-state index >= 15 is 0 Å². The Kier molecular flexibility index (Phi) is 5.06. The average molecular weight is 278 g/mol. The molecule has 2 N–H and O–H groups in total. The van der Waals surface area contributed by atoms with Crippen LogP contribution in [0.2, 0.25) is 0 Å². The topological polar surface area (TPSA) is 54.6 Å². The quantitative estimate of drug-likeness (QED) is 0.862. The Morgan fingerprint density at radius 3 is 2.70 bits per heavy atom. The van der Waals surface area contributed by atoms with E-state index in [0.29, 0.717) is 11.6 Å². The summed E-state index contributed by atoms with van der Waals surface area (Å²) >= 11 is 0. The van der Waals surface area contributed by atoms with Crippen LogP contribution in [0.4, 0.5) is 11.5 Å². The lowest BCUT2D eigenvalue weighted by Gasteiger charge is -2.23. The summed E-state index contributed by atoms with van der Waals surface area (Å²) in [6, 6.07) is 3.82. The number of nitrogen functional groups attached to an aromatic ring is 1. The summed E-state index contributed by atoms with van der Waals surface area (Å²) in [6.07, 6.45) is 2.74. The van der Waals surface area contributed by atoms with Crippen molar-refractivity contribution in [3.05, 3.63) is 12.1 Å². The summed E-state index contributed by atoms with van der Waals surface area (Å²) in [6.45, 7) is 8.46. The molecule has 5 heteroatoms. The van der Waals surface area contributed by atoms with Gasteiger partial charge in [-0.05, 0) is 51.9 Å². The number of anilines is 2. The van der Waals surface area contributed by atoms with Crippen LogP contribution in [0.1, 0.15) is 26.7 Å². The Labute approximate surface area is 121 Å². The lowest BCUT2D eigenvalue weighted by atomic mass is 10.3. The van der Waals surface area contributed by atoms with Crippen molar-refractivity contribution in [1.82, 2.24) is 9.88 Å². The van der Waals surface area contributed by atoms with Crippen molar-refractivity contribution in [3.8, 4) is 5.88 Å². The van der Waals surface area contributed by atoms with E-state index in [1.54, 1.807) is 0 Å². The number of aromatic nitrogens is 1. The maximum atomic E-state index is 5.90. The van der Waals surface area contributed by atoms with Gasteiger partial charge >= 0.3 is 0 Å². The normalized spacial score (nSPS) is 15.8. The van der Waals surface area contributed by atoms with Crippen LogP contribution < -0.4 is 15.4 Å². The molecule has 0 amide bonds. The fourth-order valence-corrected chi connectivity index (χ4v) is 2.38. The van der Waals surface area contributed by atoms with Crippen LogP contribution in [0.3, 0.4) is 0 Å². The van der Waals surface area contributed by atoms with Crippen LogP contribution in [0.25, 0.3) is 0 Å². The van der Waals surface area contributed by atoms with Crippen molar-refractivity contribution in [2.24, 2.45) is 0 Å². The van der Waals surface area contributed by atoms with Gasteiger partial charge in [0.2, 0.25) is 5.88 Å². The Balaban J connectivity index is 1.96. The van der Waals surface area contributed by atoms with E-state index in [0.717, 1.165) is 18.9 Å². The highest BCUT2D eigenvalue weighted by Crippen LogP contribution is 2.23. The molecule has 1 aliphatic rings. The Bertz CT molecular complexity index is 430. The van der Waals surface area contributed by atoms with Gasteiger partial charge in [-0.3, -0.25) is 0 Å². The van der Waals surface area contributed by atoms with E-state index in [2.05, 4.69) is 21.8 Å². The molecule has 1 aliphatic heterocycles. The third-order valence-electron chi connectivity index (χ3n) is 3.56. The highest BCUT2D eigenvalue weighted by Gasteiger charge is 2.13. The molecule has 2 heterocycles. The van der Waals surface area contributed by atoms with Gasteiger partial charge in [-0.25, -0.2) is 0 Å². The summed E-state index contributed by atoms with van der Waals surface area (Å²) in [7, 11) is 2.06. The predicted octanol–water partition coefficient (Wildman–Crippen LogP) is 1.98. The van der Waals surface area contributed by atoms with Crippen LogP contribution in [0.5, 0.6) is 5.88 Å². The van der Waals surface area contributed by atoms with Crippen molar-refractivity contribution in [3.63, 3.8) is 0 Å². The Hall–Kier alpha value is -1.49. The number of likely N-dealkylation sites (N-methyl/N-ethyl adjacent to an activating group) is 1. The molecule has 0 unspecified atom stereocenters. The summed E-state index contributed by atoms with van der Waals surface area (Å²) in [4.78, 5) is 9.17. The smallest absolute Gasteiger partial charge is 0.239 e. The highest BCUT2D eigenvalue weighted by molar-refractivity contribution is 5.54. The zero-order valence-corrected chi connectivity index (χ0v) is 12.8. The first kappa shape index (κ1) is 14.9. The maximum absolute atomic E-state index is 5.90. The average Bonchev–Trinajstić information content (AvgIpc) is 2.91. The number of rotatable bonds is 6. The molecule has 1 aromatic heterocycles. The highest BCUT2D eigenvalue weighted by atomic mass is 16.5. The van der Waals surface area contributed by atoms with Gasteiger partial charge in [0.1, 0.15) is 5.82 Å². The van der Waals surface area contributed by atoms with Crippen molar-refractivity contribution < 1.29 is 4.74 Å². The first-order chi connectivity index (χ1) is 9.56. The molecular formula is C15H26N4O. The van der Waals surface area contributed by atoms with Gasteiger partial charge in [0.25, 0.3) is 0 Å². The van der Waals surface area contributed by atoms with Crippen molar-refractivity contribution >= 4 is 11.5 Å². The zero-order valence-electron chi connectivity index (χ0n) is 12.8. The summed E-state index contributed by atoms with van der Waals surface area (Å²) in [5, 5.41) is 0. The Morgan fingerprint density at radius 2 is 2.05 bits per heavy atom. The largest absolute Gasteiger partial charge is 0.473 e. The molecule has 0 radical (unpaired) electrons. The lowest BCUT2D eigenvalue weighted by molar-refractivity contribution is 0.234. The molecule has 0 bridgehead atoms. The number of pyridine rings is 1. The van der Waals surface area contributed by atoms with Gasteiger partial charge in [-0.1, -0.05) is 0 Å². The number of nitrogens with zero attached hydrogens (tertiary/aromatic N) is 3. The lowest BCUT2D eigenvalue weighted by Crippen LogP contribution is -2.31. The predicted molar refractivity (Wildman–Crippen MR) is 83.4 cm³/mol. The molecule has 0 aliphatic carbocycles. The minimum atomic E-state index is 0.0787. The summed E-state index contributed by atoms with van der Waals surface area (Å²) < 4.78 is 5.64. The van der Waals surface area contributed by atoms with Crippen molar-refractivity contribution in [1.29, 1.82) is 0 Å². The number of hydrogen-bond acceptors (Lipinski definition) is 5.